The molecule has 0 unspecified atom stereocenters. The third-order valence-electron chi connectivity index (χ3n) is 4.45. The van der Waals surface area contributed by atoms with Gasteiger partial charge in [-0.1, -0.05) is 18.2 Å². The maximum absolute atomic E-state index is 5.86. The molecule has 0 amide bonds. The van der Waals surface area contributed by atoms with Gasteiger partial charge in [-0.15, -0.1) is 0 Å². The number of aryl methyl sites for hydroxylation is 2. The summed E-state index contributed by atoms with van der Waals surface area (Å²) < 4.78 is 13.4. The van der Waals surface area contributed by atoms with Crippen LogP contribution in [-0.2, 0) is 20.1 Å². The van der Waals surface area contributed by atoms with E-state index in [0.717, 1.165) is 30.1 Å². The minimum Gasteiger partial charge on any atom is -0.490 e. The van der Waals surface area contributed by atoms with Crippen molar-refractivity contribution in [3.05, 3.63) is 65.1 Å². The van der Waals surface area contributed by atoms with Gasteiger partial charge < -0.3 is 14.8 Å². The fourth-order valence-electron chi connectivity index (χ4n) is 2.90. The molecule has 3 aromatic rings. The number of ether oxygens (including phenoxy) is 2. The van der Waals surface area contributed by atoms with Crippen LogP contribution in [0.15, 0.2) is 42.6 Å². The zero-order chi connectivity index (χ0) is 19.2. The molecule has 3 rings (SSSR count). The largest absolute Gasteiger partial charge is 0.490 e. The lowest BCUT2D eigenvalue weighted by Crippen LogP contribution is -2.14. The first-order chi connectivity index (χ1) is 13.1. The Morgan fingerprint density at radius 3 is 2.44 bits per heavy atom. The highest BCUT2D eigenvalue weighted by molar-refractivity contribution is 5.41. The number of para-hydroxylation sites is 2. The van der Waals surface area contributed by atoms with Crippen LogP contribution in [0.3, 0.4) is 0 Å². The summed E-state index contributed by atoms with van der Waals surface area (Å²) in [6, 6.07) is 11.5. The van der Waals surface area contributed by atoms with Crippen LogP contribution in [0.2, 0.25) is 0 Å². The average molecular weight is 366 g/mol. The summed E-state index contributed by atoms with van der Waals surface area (Å²) in [4.78, 5) is 4.41. The van der Waals surface area contributed by atoms with E-state index in [-0.39, 0.29) is 0 Å². The van der Waals surface area contributed by atoms with E-state index in [1.165, 1.54) is 11.3 Å². The maximum atomic E-state index is 5.86. The summed E-state index contributed by atoms with van der Waals surface area (Å²) in [5, 5.41) is 7.90. The Morgan fingerprint density at radius 1 is 1.04 bits per heavy atom. The first kappa shape index (κ1) is 18.9. The molecule has 0 saturated carbocycles. The molecule has 6 nitrogen and oxygen atoms in total. The summed E-state index contributed by atoms with van der Waals surface area (Å²) in [7, 11) is 1.97. The van der Waals surface area contributed by atoms with Crippen molar-refractivity contribution in [1.82, 2.24) is 20.1 Å². The second-order valence-corrected chi connectivity index (χ2v) is 6.36. The van der Waals surface area contributed by atoms with Gasteiger partial charge in [0.1, 0.15) is 0 Å². The molecule has 2 aromatic heterocycles. The van der Waals surface area contributed by atoms with Gasteiger partial charge in [-0.3, -0.25) is 4.68 Å². The van der Waals surface area contributed by atoms with E-state index in [4.69, 9.17) is 9.47 Å². The van der Waals surface area contributed by atoms with Gasteiger partial charge in [-0.2, -0.15) is 5.10 Å². The molecule has 0 fully saturated rings. The minimum atomic E-state index is 0.546. The molecular formula is C21H26N4O2. The Balaban J connectivity index is 1.58. The van der Waals surface area contributed by atoms with Gasteiger partial charge in [0.05, 0.1) is 12.3 Å². The van der Waals surface area contributed by atoms with Crippen LogP contribution in [-0.4, -0.2) is 21.4 Å². The first-order valence-corrected chi connectivity index (χ1v) is 9.13. The molecule has 0 spiro atoms. The average Bonchev–Trinajstić information content (AvgIpc) is 2.91. The maximum Gasteiger partial charge on any atom is 0.219 e. The lowest BCUT2D eigenvalue weighted by Gasteiger charge is -2.11. The second-order valence-electron chi connectivity index (χ2n) is 6.36. The van der Waals surface area contributed by atoms with Crippen LogP contribution in [0.4, 0.5) is 0 Å². The molecule has 0 saturated heterocycles. The van der Waals surface area contributed by atoms with Crippen molar-refractivity contribution in [2.45, 2.75) is 33.9 Å². The topological polar surface area (TPSA) is 61.2 Å². The van der Waals surface area contributed by atoms with E-state index >= 15 is 0 Å². The van der Waals surface area contributed by atoms with Crippen molar-refractivity contribution in [3.8, 4) is 17.4 Å². The van der Waals surface area contributed by atoms with Crippen molar-refractivity contribution in [3.63, 3.8) is 0 Å². The predicted molar refractivity (Wildman–Crippen MR) is 105 cm³/mol. The van der Waals surface area contributed by atoms with E-state index < -0.39 is 0 Å². The molecule has 6 heteroatoms. The molecule has 0 radical (unpaired) electrons. The number of hydrogen-bond donors (Lipinski definition) is 1. The highest BCUT2D eigenvalue weighted by atomic mass is 16.5. The van der Waals surface area contributed by atoms with Gasteiger partial charge in [0, 0.05) is 43.7 Å². The lowest BCUT2D eigenvalue weighted by atomic mass is 10.2. The minimum absolute atomic E-state index is 0.546. The first-order valence-electron chi connectivity index (χ1n) is 9.13. The fourth-order valence-corrected chi connectivity index (χ4v) is 2.90. The van der Waals surface area contributed by atoms with Gasteiger partial charge in [0.2, 0.25) is 5.88 Å². The Labute approximate surface area is 160 Å². The van der Waals surface area contributed by atoms with Crippen LogP contribution in [0.1, 0.15) is 29.4 Å². The Hall–Kier alpha value is -2.86. The lowest BCUT2D eigenvalue weighted by molar-refractivity contribution is 0.319. The summed E-state index contributed by atoms with van der Waals surface area (Å²) in [6.07, 6.45) is 1.83. The van der Waals surface area contributed by atoms with Gasteiger partial charge in [0.25, 0.3) is 0 Å². The number of pyridine rings is 1. The Bertz CT molecular complexity index is 888. The number of benzene rings is 1. The fraction of sp³-hybridized carbons (Fsp3) is 0.333. The molecule has 27 heavy (non-hydrogen) atoms. The second kappa shape index (κ2) is 8.68. The van der Waals surface area contributed by atoms with E-state index in [9.17, 15) is 0 Å². The van der Waals surface area contributed by atoms with Crippen molar-refractivity contribution < 1.29 is 9.47 Å². The van der Waals surface area contributed by atoms with E-state index in [0.29, 0.717) is 18.2 Å². The molecule has 2 heterocycles. The zero-order valence-corrected chi connectivity index (χ0v) is 16.3. The van der Waals surface area contributed by atoms with Gasteiger partial charge in [0.15, 0.2) is 11.5 Å². The smallest absolute Gasteiger partial charge is 0.219 e. The van der Waals surface area contributed by atoms with E-state index in [2.05, 4.69) is 22.3 Å². The van der Waals surface area contributed by atoms with Gasteiger partial charge in [-0.05, 0) is 38.5 Å². The number of rotatable bonds is 8. The highest BCUT2D eigenvalue weighted by Crippen LogP contribution is 2.30. The summed E-state index contributed by atoms with van der Waals surface area (Å²) in [5.41, 5.74) is 4.60. The van der Waals surface area contributed by atoms with Crippen LogP contribution in [0, 0.1) is 13.8 Å². The standard InChI is InChI=1S/C21H26N4O2/c1-5-26-19-8-6-7-9-20(19)27-21-11-10-17(13-23-21)12-22-14-18-15(2)24-25(4)16(18)3/h6-11,13,22H,5,12,14H2,1-4H3. The normalized spacial score (nSPS) is 10.8. The molecular weight excluding hydrogens is 340 g/mol. The van der Waals surface area contributed by atoms with Crippen LogP contribution in [0.5, 0.6) is 17.4 Å². The van der Waals surface area contributed by atoms with E-state index in [1.54, 1.807) is 0 Å². The zero-order valence-electron chi connectivity index (χ0n) is 16.3. The molecule has 1 N–H and O–H groups in total. The quantitative estimate of drug-likeness (QED) is 0.655. The number of aromatic nitrogens is 3. The number of nitrogens with one attached hydrogen (secondary N) is 1. The monoisotopic (exact) mass is 366 g/mol. The predicted octanol–water partition coefficient (Wildman–Crippen LogP) is 3.91. The van der Waals surface area contributed by atoms with Crippen LogP contribution >= 0.6 is 0 Å². The molecule has 0 aliphatic heterocycles. The molecule has 1 aromatic carbocycles. The third kappa shape index (κ3) is 4.65. The molecule has 0 atom stereocenters. The molecule has 0 aliphatic rings. The summed E-state index contributed by atoms with van der Waals surface area (Å²) in [5.74, 6) is 1.93. The molecule has 0 aliphatic carbocycles. The molecule has 142 valence electrons. The highest BCUT2D eigenvalue weighted by Gasteiger charge is 2.09. The van der Waals surface area contributed by atoms with Crippen molar-refractivity contribution in [2.24, 2.45) is 7.05 Å². The third-order valence-corrected chi connectivity index (χ3v) is 4.45. The van der Waals surface area contributed by atoms with Crippen LogP contribution < -0.4 is 14.8 Å². The van der Waals surface area contributed by atoms with Crippen molar-refractivity contribution >= 4 is 0 Å². The van der Waals surface area contributed by atoms with Gasteiger partial charge >= 0.3 is 0 Å². The molecule has 0 bridgehead atoms. The van der Waals surface area contributed by atoms with Crippen molar-refractivity contribution in [2.75, 3.05) is 6.61 Å². The SMILES string of the molecule is CCOc1ccccc1Oc1ccc(CNCc2c(C)nn(C)c2C)cn1. The van der Waals surface area contributed by atoms with Gasteiger partial charge in [-0.25, -0.2) is 4.98 Å². The number of hydrogen-bond acceptors (Lipinski definition) is 5. The summed E-state index contributed by atoms with van der Waals surface area (Å²) >= 11 is 0. The summed E-state index contributed by atoms with van der Waals surface area (Å²) in [6.45, 7) is 8.18. The Kier molecular flexibility index (Phi) is 6.08. The van der Waals surface area contributed by atoms with Crippen LogP contribution in [0.25, 0.3) is 0 Å². The number of nitrogens with zero attached hydrogens (tertiary/aromatic N) is 3. The van der Waals surface area contributed by atoms with Crippen molar-refractivity contribution in [1.29, 1.82) is 0 Å². The Morgan fingerprint density at radius 2 is 1.81 bits per heavy atom. The van der Waals surface area contributed by atoms with E-state index in [1.807, 2.05) is 68.2 Å².